The molecule has 0 radical (unpaired) electrons. The standard InChI is InChI=1S/C7H12ClNO4/c1-2-5(3-6(10)11)9-7(12)13-4-8/h5H,2-4H2,1H3,(H,9,12)(H,10,11). The second kappa shape index (κ2) is 6.54. The molecule has 2 N–H and O–H groups in total. The Labute approximate surface area is 81.0 Å². The first-order valence-corrected chi connectivity index (χ1v) is 4.34. The van der Waals surface area contributed by atoms with Crippen LogP contribution in [0.3, 0.4) is 0 Å². The number of carbonyl (C=O) groups excluding carboxylic acids is 1. The van der Waals surface area contributed by atoms with E-state index in [1.54, 1.807) is 6.92 Å². The Hall–Kier alpha value is -0.970. The zero-order valence-corrected chi connectivity index (χ0v) is 8.00. The van der Waals surface area contributed by atoms with E-state index in [2.05, 4.69) is 10.1 Å². The maximum atomic E-state index is 10.8. The Kier molecular flexibility index (Phi) is 6.05. The zero-order chi connectivity index (χ0) is 10.3. The third-order valence-electron chi connectivity index (χ3n) is 1.42. The van der Waals surface area contributed by atoms with Gasteiger partial charge in [-0.25, -0.2) is 4.79 Å². The van der Waals surface area contributed by atoms with Gasteiger partial charge in [-0.1, -0.05) is 18.5 Å². The lowest BCUT2D eigenvalue weighted by atomic mass is 10.1. The molecule has 0 saturated heterocycles. The molecule has 6 heteroatoms. The van der Waals surface area contributed by atoms with Gasteiger partial charge in [-0.2, -0.15) is 0 Å². The van der Waals surface area contributed by atoms with E-state index in [-0.39, 0.29) is 12.5 Å². The molecule has 0 fully saturated rings. The number of rotatable bonds is 5. The number of hydrogen-bond donors (Lipinski definition) is 2. The first-order valence-electron chi connectivity index (χ1n) is 3.81. The van der Waals surface area contributed by atoms with E-state index >= 15 is 0 Å². The van der Waals surface area contributed by atoms with Crippen LogP contribution in [-0.4, -0.2) is 29.3 Å². The van der Waals surface area contributed by atoms with Gasteiger partial charge in [0.2, 0.25) is 0 Å². The van der Waals surface area contributed by atoms with Crippen molar-refractivity contribution in [1.29, 1.82) is 0 Å². The van der Waals surface area contributed by atoms with Crippen LogP contribution in [0.25, 0.3) is 0 Å². The molecule has 0 aromatic rings. The number of nitrogens with one attached hydrogen (secondary N) is 1. The van der Waals surface area contributed by atoms with E-state index in [0.717, 1.165) is 0 Å². The summed E-state index contributed by atoms with van der Waals surface area (Å²) in [6, 6.07) is -0.650. The van der Waals surface area contributed by atoms with Gasteiger partial charge in [-0.3, -0.25) is 4.79 Å². The van der Waals surface area contributed by atoms with Crippen LogP contribution in [0.4, 0.5) is 4.79 Å². The van der Waals surface area contributed by atoms with Crippen molar-refractivity contribution in [1.82, 2.24) is 5.32 Å². The highest BCUT2D eigenvalue weighted by Gasteiger charge is 2.14. The minimum atomic E-state index is -0.960. The number of ether oxygens (including phenoxy) is 1. The minimum Gasteiger partial charge on any atom is -0.481 e. The van der Waals surface area contributed by atoms with Crippen LogP contribution < -0.4 is 5.32 Å². The van der Waals surface area contributed by atoms with Gasteiger partial charge in [-0.05, 0) is 6.42 Å². The largest absolute Gasteiger partial charge is 0.481 e. The number of halogens is 1. The average Bonchev–Trinajstić information content (AvgIpc) is 2.02. The van der Waals surface area contributed by atoms with Crippen molar-refractivity contribution in [2.24, 2.45) is 0 Å². The summed E-state index contributed by atoms with van der Waals surface area (Å²) in [5.74, 6) is -0.960. The van der Waals surface area contributed by atoms with Crippen molar-refractivity contribution < 1.29 is 19.4 Å². The van der Waals surface area contributed by atoms with Gasteiger partial charge < -0.3 is 15.2 Å². The molecule has 1 atom stereocenters. The van der Waals surface area contributed by atoms with Crippen LogP contribution in [0.15, 0.2) is 0 Å². The van der Waals surface area contributed by atoms with Crippen LogP contribution in [0.1, 0.15) is 19.8 Å². The molecule has 0 spiro atoms. The number of carboxylic acid groups (broad SMARTS) is 1. The van der Waals surface area contributed by atoms with Crippen molar-refractivity contribution in [3.8, 4) is 0 Å². The molecule has 13 heavy (non-hydrogen) atoms. The second-order valence-electron chi connectivity index (χ2n) is 2.39. The fraction of sp³-hybridized carbons (Fsp3) is 0.714. The van der Waals surface area contributed by atoms with Crippen LogP contribution in [0.2, 0.25) is 0 Å². The molecule has 76 valence electrons. The summed E-state index contributed by atoms with van der Waals surface area (Å²) in [5.41, 5.74) is 0. The topological polar surface area (TPSA) is 75.6 Å². The maximum absolute atomic E-state index is 10.8. The van der Waals surface area contributed by atoms with Gasteiger partial charge in [0.1, 0.15) is 0 Å². The number of alkyl carbamates (subject to hydrolysis) is 1. The van der Waals surface area contributed by atoms with Gasteiger partial charge in [0.15, 0.2) is 6.07 Å². The lowest BCUT2D eigenvalue weighted by Gasteiger charge is -2.13. The summed E-state index contributed by atoms with van der Waals surface area (Å²) in [7, 11) is 0. The van der Waals surface area contributed by atoms with Gasteiger partial charge >= 0.3 is 12.1 Å². The van der Waals surface area contributed by atoms with E-state index in [1.165, 1.54) is 0 Å². The van der Waals surface area contributed by atoms with Crippen molar-refractivity contribution in [2.75, 3.05) is 6.07 Å². The molecule has 1 amide bonds. The predicted molar refractivity (Wildman–Crippen MR) is 46.7 cm³/mol. The van der Waals surface area contributed by atoms with Crippen LogP contribution in [0, 0.1) is 0 Å². The highest BCUT2D eigenvalue weighted by molar-refractivity contribution is 6.17. The fourth-order valence-electron chi connectivity index (χ4n) is 0.766. The maximum Gasteiger partial charge on any atom is 0.408 e. The summed E-state index contributed by atoms with van der Waals surface area (Å²) < 4.78 is 4.38. The second-order valence-corrected chi connectivity index (χ2v) is 2.61. The molecule has 0 aliphatic heterocycles. The molecular formula is C7H12ClNO4. The summed E-state index contributed by atoms with van der Waals surface area (Å²) in [4.78, 5) is 21.1. The van der Waals surface area contributed by atoms with Crippen molar-refractivity contribution in [3.63, 3.8) is 0 Å². The molecule has 0 aliphatic carbocycles. The third-order valence-corrected chi connectivity index (χ3v) is 1.53. The number of hydrogen-bond acceptors (Lipinski definition) is 3. The van der Waals surface area contributed by atoms with Crippen molar-refractivity contribution in [2.45, 2.75) is 25.8 Å². The molecule has 1 unspecified atom stereocenters. The smallest absolute Gasteiger partial charge is 0.408 e. The first kappa shape index (κ1) is 12.0. The molecule has 0 rings (SSSR count). The van der Waals surface area contributed by atoms with Gasteiger partial charge in [0.25, 0.3) is 0 Å². The summed E-state index contributed by atoms with van der Waals surface area (Å²) in [6.45, 7) is 1.77. The molecule has 0 aliphatic rings. The molecule has 5 nitrogen and oxygen atoms in total. The van der Waals surface area contributed by atoms with Crippen LogP contribution in [0.5, 0.6) is 0 Å². The average molecular weight is 210 g/mol. The number of amides is 1. The molecule has 0 heterocycles. The highest BCUT2D eigenvalue weighted by atomic mass is 35.5. The lowest BCUT2D eigenvalue weighted by Crippen LogP contribution is -2.36. The summed E-state index contributed by atoms with van der Waals surface area (Å²) >= 11 is 5.13. The SMILES string of the molecule is CCC(CC(=O)O)NC(=O)OCCl. The van der Waals surface area contributed by atoms with Gasteiger partial charge in [0, 0.05) is 6.04 Å². The fourth-order valence-corrected chi connectivity index (χ4v) is 0.865. The molecule has 0 bridgehead atoms. The van der Waals surface area contributed by atoms with E-state index in [9.17, 15) is 9.59 Å². The Morgan fingerprint density at radius 2 is 2.23 bits per heavy atom. The Bertz CT molecular complexity index is 185. The lowest BCUT2D eigenvalue weighted by molar-refractivity contribution is -0.137. The van der Waals surface area contributed by atoms with Crippen LogP contribution >= 0.6 is 11.6 Å². The summed E-state index contributed by atoms with van der Waals surface area (Å²) in [5, 5.41) is 10.8. The molecule has 0 aromatic heterocycles. The number of aliphatic carboxylic acids is 1. The van der Waals surface area contributed by atoms with Crippen molar-refractivity contribution >= 4 is 23.7 Å². The van der Waals surface area contributed by atoms with Gasteiger partial charge in [-0.15, -0.1) is 0 Å². The third kappa shape index (κ3) is 6.21. The van der Waals surface area contributed by atoms with Crippen molar-refractivity contribution in [3.05, 3.63) is 0 Å². The monoisotopic (exact) mass is 209 g/mol. The summed E-state index contributed by atoms with van der Waals surface area (Å²) in [6.07, 6.45) is -0.277. The van der Waals surface area contributed by atoms with Crippen LogP contribution in [-0.2, 0) is 9.53 Å². The van der Waals surface area contributed by atoms with E-state index in [0.29, 0.717) is 6.42 Å². The Morgan fingerprint density at radius 1 is 1.62 bits per heavy atom. The van der Waals surface area contributed by atoms with Gasteiger partial charge in [0.05, 0.1) is 6.42 Å². The van der Waals surface area contributed by atoms with E-state index in [1.807, 2.05) is 0 Å². The molecular weight excluding hydrogens is 198 g/mol. The Balaban J connectivity index is 3.83. The molecule has 0 saturated carbocycles. The highest BCUT2D eigenvalue weighted by Crippen LogP contribution is 1.98. The number of alkyl halides is 1. The molecule has 0 aromatic carbocycles. The number of carbonyl (C=O) groups is 2. The first-order chi connectivity index (χ1) is 6.10. The Morgan fingerprint density at radius 3 is 2.62 bits per heavy atom. The normalized spacial score (nSPS) is 11.8. The minimum absolute atomic E-state index is 0.117. The zero-order valence-electron chi connectivity index (χ0n) is 7.25. The van der Waals surface area contributed by atoms with E-state index in [4.69, 9.17) is 16.7 Å². The number of carboxylic acids is 1. The quantitative estimate of drug-likeness (QED) is 0.667. The van der Waals surface area contributed by atoms with E-state index < -0.39 is 18.1 Å². The predicted octanol–water partition coefficient (Wildman–Crippen LogP) is 1.16.